The fourth-order valence-corrected chi connectivity index (χ4v) is 5.87. The van der Waals surface area contributed by atoms with Crippen LogP contribution >= 0.6 is 0 Å². The third-order valence-electron chi connectivity index (χ3n) is 8.94. The van der Waals surface area contributed by atoms with Crippen LogP contribution in [0.2, 0.25) is 0 Å². The molecule has 19 heteroatoms. The predicted octanol–water partition coefficient (Wildman–Crippen LogP) is -3.16. The van der Waals surface area contributed by atoms with Crippen LogP contribution in [0.5, 0.6) is 0 Å². The summed E-state index contributed by atoms with van der Waals surface area (Å²) >= 11 is 0. The lowest BCUT2D eigenvalue weighted by molar-refractivity contribution is -0.144. The molecule has 1 aliphatic rings. The number of hydrogen-bond donors (Lipinski definition) is 10. The van der Waals surface area contributed by atoms with Crippen molar-refractivity contribution in [3.05, 3.63) is 36.0 Å². The van der Waals surface area contributed by atoms with Gasteiger partial charge in [-0.05, 0) is 30.4 Å². The minimum atomic E-state index is -1.64. The van der Waals surface area contributed by atoms with E-state index in [1.54, 1.807) is 32.2 Å². The number of nitrogens with two attached hydrogens (primary N) is 3. The third-order valence-corrected chi connectivity index (χ3v) is 8.94. The van der Waals surface area contributed by atoms with E-state index in [-0.39, 0.29) is 19.4 Å². The minimum Gasteiger partial charge on any atom is -0.480 e. The van der Waals surface area contributed by atoms with Crippen LogP contribution < -0.4 is 38.5 Å². The molecule has 284 valence electrons. The Balaban J connectivity index is 1.84. The number of aromatic amines is 1. The summed E-state index contributed by atoms with van der Waals surface area (Å²) in [4.78, 5) is 106. The molecule has 2 aromatic rings. The molecule has 7 amide bonds. The monoisotopic (exact) mass is 729 g/mol. The first-order chi connectivity index (χ1) is 24.6. The normalized spacial score (nSPS) is 17.5. The van der Waals surface area contributed by atoms with Gasteiger partial charge in [0.15, 0.2) is 0 Å². The van der Waals surface area contributed by atoms with E-state index in [4.69, 9.17) is 17.2 Å². The molecule has 13 N–H and O–H groups in total. The average molecular weight is 730 g/mol. The van der Waals surface area contributed by atoms with E-state index in [1.807, 2.05) is 12.1 Å². The fourth-order valence-electron chi connectivity index (χ4n) is 5.87. The highest BCUT2D eigenvalue weighted by atomic mass is 16.4. The average Bonchev–Trinajstić information content (AvgIpc) is 3.75. The van der Waals surface area contributed by atoms with Crippen LogP contribution in [0.4, 0.5) is 0 Å². The van der Waals surface area contributed by atoms with Crippen LogP contribution in [-0.2, 0) is 44.8 Å². The van der Waals surface area contributed by atoms with Gasteiger partial charge in [-0.1, -0.05) is 38.5 Å². The maximum absolute atomic E-state index is 14.1. The second kappa shape index (κ2) is 18.6. The summed E-state index contributed by atoms with van der Waals surface area (Å²) in [5.41, 5.74) is 17.5. The van der Waals surface area contributed by atoms with Gasteiger partial charge >= 0.3 is 5.97 Å². The smallest absolute Gasteiger partial charge is 0.328 e. The number of amides is 7. The molecule has 19 nitrogen and oxygen atoms in total. The molecular weight excluding hydrogens is 682 g/mol. The molecule has 0 unspecified atom stereocenters. The Hall–Kier alpha value is -5.56. The molecule has 52 heavy (non-hydrogen) atoms. The van der Waals surface area contributed by atoms with Gasteiger partial charge < -0.3 is 58.6 Å². The molecular formula is C33H47N9O10. The quantitative estimate of drug-likeness (QED) is 0.0688. The number of carbonyl (C=O) groups excluding carboxylic acids is 7. The third kappa shape index (κ3) is 10.7. The van der Waals surface area contributed by atoms with Gasteiger partial charge in [0.05, 0.1) is 25.5 Å². The molecule has 2 heterocycles. The number of rotatable bonds is 19. The van der Waals surface area contributed by atoms with Gasteiger partial charge in [0.2, 0.25) is 41.4 Å². The van der Waals surface area contributed by atoms with Gasteiger partial charge in [0.25, 0.3) is 0 Å². The van der Waals surface area contributed by atoms with E-state index in [0.29, 0.717) is 18.4 Å². The predicted molar refractivity (Wildman–Crippen MR) is 184 cm³/mol. The number of likely N-dealkylation sites (tertiary alicyclic amines) is 1. The zero-order valence-electron chi connectivity index (χ0n) is 28.9. The van der Waals surface area contributed by atoms with E-state index in [0.717, 1.165) is 10.9 Å². The summed E-state index contributed by atoms with van der Waals surface area (Å²) in [6, 6.07) is -1.03. The highest BCUT2D eigenvalue weighted by Gasteiger charge is 2.41. The molecule has 1 saturated heterocycles. The summed E-state index contributed by atoms with van der Waals surface area (Å²) in [5, 5.41) is 29.4. The summed E-state index contributed by atoms with van der Waals surface area (Å²) in [6.45, 7) is 2.67. The van der Waals surface area contributed by atoms with E-state index in [9.17, 15) is 48.6 Å². The number of hydrogen-bond acceptors (Lipinski definition) is 10. The molecule has 1 fully saturated rings. The lowest BCUT2D eigenvalue weighted by Crippen LogP contribution is -2.60. The summed E-state index contributed by atoms with van der Waals surface area (Å²) in [7, 11) is 0. The van der Waals surface area contributed by atoms with Gasteiger partial charge in [-0.2, -0.15) is 0 Å². The molecule has 3 rings (SSSR count). The van der Waals surface area contributed by atoms with E-state index < -0.39 is 109 Å². The van der Waals surface area contributed by atoms with Crippen molar-refractivity contribution < 1.29 is 48.6 Å². The second-order valence-electron chi connectivity index (χ2n) is 12.8. The largest absolute Gasteiger partial charge is 0.480 e. The van der Waals surface area contributed by atoms with Crippen molar-refractivity contribution in [1.29, 1.82) is 0 Å². The zero-order valence-corrected chi connectivity index (χ0v) is 28.9. The molecule has 1 aliphatic heterocycles. The number of fused-ring (bicyclic) bond motifs is 1. The first-order valence-corrected chi connectivity index (χ1v) is 16.8. The number of carboxylic acid groups (broad SMARTS) is 1. The summed E-state index contributed by atoms with van der Waals surface area (Å²) in [6.07, 6.45) is 1.38. The number of aliphatic carboxylic acids is 1. The van der Waals surface area contributed by atoms with Crippen molar-refractivity contribution in [3.63, 3.8) is 0 Å². The Morgan fingerprint density at radius 3 is 2.15 bits per heavy atom. The number of para-hydroxylation sites is 1. The number of nitrogens with zero attached hydrogens (tertiary/aromatic N) is 1. The van der Waals surface area contributed by atoms with Crippen molar-refractivity contribution in [2.45, 2.75) is 88.6 Å². The SMILES string of the molecule is CC[C@H](C)[C@H](NC(=O)[C@H](CC(N)=O)NC(=O)[C@@H](N)CC(N)=O)C(=O)N1CCC[C@H]1C(=O)N[C@@H](Cc1c[nH]c2ccccc12)C(=O)N[C@@H](CO)C(=O)O. The van der Waals surface area contributed by atoms with Crippen LogP contribution in [0.25, 0.3) is 10.9 Å². The highest BCUT2D eigenvalue weighted by Crippen LogP contribution is 2.23. The Bertz CT molecular complexity index is 1660. The van der Waals surface area contributed by atoms with Gasteiger partial charge in [-0.3, -0.25) is 33.6 Å². The Morgan fingerprint density at radius 2 is 1.54 bits per heavy atom. The van der Waals surface area contributed by atoms with Crippen molar-refractivity contribution in [1.82, 2.24) is 31.2 Å². The number of H-pyrrole nitrogens is 1. The number of aliphatic hydroxyl groups excluding tert-OH is 1. The first-order valence-electron chi connectivity index (χ1n) is 16.8. The van der Waals surface area contributed by atoms with Crippen molar-refractivity contribution in [2.24, 2.45) is 23.1 Å². The molecule has 1 aromatic heterocycles. The second-order valence-corrected chi connectivity index (χ2v) is 12.8. The number of carbonyl (C=O) groups is 8. The Morgan fingerprint density at radius 1 is 0.904 bits per heavy atom. The number of nitrogens with one attached hydrogen (secondary N) is 5. The molecule has 0 saturated carbocycles. The van der Waals surface area contributed by atoms with Gasteiger partial charge in [-0.15, -0.1) is 0 Å². The number of carboxylic acids is 1. The molecule has 0 aliphatic carbocycles. The van der Waals surface area contributed by atoms with E-state index in [2.05, 4.69) is 26.3 Å². The van der Waals surface area contributed by atoms with Crippen molar-refractivity contribution in [2.75, 3.05) is 13.2 Å². The number of aliphatic hydroxyl groups is 1. The van der Waals surface area contributed by atoms with Gasteiger partial charge in [0.1, 0.15) is 30.2 Å². The standard InChI is InChI=1S/C33H47N9O10/c1-3-16(2)27(41-30(48)22(13-26(36)45)38-28(46)19(34)12-25(35)44)32(50)42-10-6-9-24(42)31(49)39-21(29(47)40-23(15-43)33(51)52)11-17-14-37-20-8-5-4-7-18(17)20/h4-5,7-8,14,16,19,21-24,27,37,43H,3,6,9-13,15,34H2,1-2H3,(H2,35,44)(H2,36,45)(H,38,46)(H,39,49)(H,40,47)(H,41,48)(H,51,52)/t16-,19-,21-,22-,23-,24-,27-/m0/s1. The van der Waals surface area contributed by atoms with Crippen LogP contribution in [0.3, 0.4) is 0 Å². The zero-order chi connectivity index (χ0) is 38.7. The minimum absolute atomic E-state index is 0.0678. The van der Waals surface area contributed by atoms with Crippen LogP contribution in [0.15, 0.2) is 30.5 Å². The molecule has 7 atom stereocenters. The van der Waals surface area contributed by atoms with Crippen LogP contribution in [0, 0.1) is 5.92 Å². The van der Waals surface area contributed by atoms with Crippen LogP contribution in [0.1, 0.15) is 51.5 Å². The molecule has 0 spiro atoms. The van der Waals surface area contributed by atoms with Gasteiger partial charge in [0, 0.05) is 30.1 Å². The van der Waals surface area contributed by atoms with E-state index >= 15 is 0 Å². The number of benzene rings is 1. The van der Waals surface area contributed by atoms with Crippen molar-refractivity contribution >= 4 is 58.2 Å². The number of aromatic nitrogens is 1. The maximum Gasteiger partial charge on any atom is 0.328 e. The molecule has 0 radical (unpaired) electrons. The summed E-state index contributed by atoms with van der Waals surface area (Å²) < 4.78 is 0. The lowest BCUT2D eigenvalue weighted by atomic mass is 9.96. The molecule has 1 aromatic carbocycles. The Labute approximate surface area is 298 Å². The fraction of sp³-hybridized carbons (Fsp3) is 0.515. The summed E-state index contributed by atoms with van der Waals surface area (Å²) in [5.74, 6) is -7.93. The highest BCUT2D eigenvalue weighted by molar-refractivity contribution is 5.98. The lowest BCUT2D eigenvalue weighted by Gasteiger charge is -2.33. The first kappa shape index (κ1) is 40.9. The molecule has 0 bridgehead atoms. The van der Waals surface area contributed by atoms with Crippen LogP contribution in [-0.4, -0.2) is 117 Å². The number of primary amides is 2. The topological polar surface area (TPSA) is 322 Å². The van der Waals surface area contributed by atoms with E-state index in [1.165, 1.54) is 4.90 Å². The van der Waals surface area contributed by atoms with Gasteiger partial charge in [-0.25, -0.2) is 4.79 Å². The Kier molecular flexibility index (Phi) is 14.6. The van der Waals surface area contributed by atoms with Crippen molar-refractivity contribution in [3.8, 4) is 0 Å². The maximum atomic E-state index is 14.1.